The Hall–Kier alpha value is -1.49. The number of amides is 1. The van der Waals surface area contributed by atoms with Crippen molar-refractivity contribution in [2.45, 2.75) is 72.1 Å². The lowest BCUT2D eigenvalue weighted by molar-refractivity contribution is -0.136. The van der Waals surface area contributed by atoms with Crippen LogP contribution in [0.4, 0.5) is 0 Å². The van der Waals surface area contributed by atoms with Crippen molar-refractivity contribution in [1.82, 2.24) is 5.48 Å². The Labute approximate surface area is 167 Å². The second-order valence-electron chi connectivity index (χ2n) is 10.3. The SMILES string of the molecule is CC(=O)[C@H]1CC[C@H]2[C@@H]3CCC4=CC(=O)CC(CC(=O)NO)[C@]4(C)[C@H]3CC[C@]12C. The Morgan fingerprint density at radius 2 is 1.93 bits per heavy atom. The molecule has 1 unspecified atom stereocenters. The molecule has 3 fully saturated rings. The van der Waals surface area contributed by atoms with Gasteiger partial charge in [-0.2, -0.15) is 0 Å². The first-order chi connectivity index (χ1) is 13.2. The minimum Gasteiger partial charge on any atom is -0.300 e. The fourth-order valence-electron chi connectivity index (χ4n) is 7.99. The maximum Gasteiger partial charge on any atom is 0.243 e. The van der Waals surface area contributed by atoms with Crippen LogP contribution >= 0.6 is 0 Å². The Kier molecular flexibility index (Phi) is 4.80. The first-order valence-corrected chi connectivity index (χ1v) is 10.9. The number of ketones is 2. The molecule has 0 heterocycles. The van der Waals surface area contributed by atoms with Gasteiger partial charge < -0.3 is 0 Å². The van der Waals surface area contributed by atoms with Crippen LogP contribution in [0.25, 0.3) is 0 Å². The van der Waals surface area contributed by atoms with E-state index in [-0.39, 0.29) is 34.9 Å². The van der Waals surface area contributed by atoms with Crippen molar-refractivity contribution in [2.24, 2.45) is 40.4 Å². The van der Waals surface area contributed by atoms with E-state index in [9.17, 15) is 14.4 Å². The number of fused-ring (bicyclic) bond motifs is 5. The quantitative estimate of drug-likeness (QED) is 0.569. The average molecular weight is 388 g/mol. The molecule has 0 aliphatic heterocycles. The van der Waals surface area contributed by atoms with Crippen LogP contribution in [-0.4, -0.2) is 22.7 Å². The summed E-state index contributed by atoms with van der Waals surface area (Å²) < 4.78 is 0. The predicted molar refractivity (Wildman–Crippen MR) is 104 cm³/mol. The molecule has 1 amide bonds. The molecule has 5 nitrogen and oxygen atoms in total. The summed E-state index contributed by atoms with van der Waals surface area (Å²) in [6, 6.07) is 0. The van der Waals surface area contributed by atoms with Crippen LogP contribution in [0.2, 0.25) is 0 Å². The Bertz CT molecular complexity index is 743. The Morgan fingerprint density at radius 1 is 1.18 bits per heavy atom. The van der Waals surface area contributed by atoms with Gasteiger partial charge in [-0.25, -0.2) is 5.48 Å². The molecule has 7 atom stereocenters. The highest BCUT2D eigenvalue weighted by Gasteiger charge is 2.61. The average Bonchev–Trinajstić information content (AvgIpc) is 3.00. The molecule has 0 spiro atoms. The zero-order valence-electron chi connectivity index (χ0n) is 17.3. The van der Waals surface area contributed by atoms with Crippen LogP contribution in [0.1, 0.15) is 72.1 Å². The van der Waals surface area contributed by atoms with Crippen molar-refractivity contribution in [2.75, 3.05) is 0 Å². The summed E-state index contributed by atoms with van der Waals surface area (Å²) >= 11 is 0. The molecule has 4 aliphatic carbocycles. The molecule has 4 aliphatic rings. The first kappa shape index (κ1) is 19.8. The van der Waals surface area contributed by atoms with Crippen LogP contribution in [0, 0.1) is 40.4 Å². The van der Waals surface area contributed by atoms with Gasteiger partial charge in [0.1, 0.15) is 5.78 Å². The van der Waals surface area contributed by atoms with Gasteiger partial charge in [0.2, 0.25) is 5.91 Å². The van der Waals surface area contributed by atoms with Gasteiger partial charge in [0.15, 0.2) is 5.78 Å². The number of carbonyl (C=O) groups excluding carboxylic acids is 3. The third-order valence-electron chi connectivity index (χ3n) is 9.32. The first-order valence-electron chi connectivity index (χ1n) is 10.9. The largest absolute Gasteiger partial charge is 0.300 e. The number of rotatable bonds is 3. The summed E-state index contributed by atoms with van der Waals surface area (Å²) in [6.45, 7) is 6.35. The highest BCUT2D eigenvalue weighted by atomic mass is 16.5. The van der Waals surface area contributed by atoms with Crippen molar-refractivity contribution >= 4 is 17.5 Å². The van der Waals surface area contributed by atoms with E-state index < -0.39 is 5.91 Å². The summed E-state index contributed by atoms with van der Waals surface area (Å²) in [4.78, 5) is 36.6. The topological polar surface area (TPSA) is 83.5 Å². The molecule has 0 aromatic heterocycles. The third-order valence-corrected chi connectivity index (χ3v) is 9.32. The van der Waals surface area contributed by atoms with Crippen molar-refractivity contribution in [3.05, 3.63) is 11.6 Å². The second kappa shape index (κ2) is 6.79. The van der Waals surface area contributed by atoms with E-state index in [2.05, 4.69) is 13.8 Å². The van der Waals surface area contributed by atoms with Crippen LogP contribution < -0.4 is 5.48 Å². The van der Waals surface area contributed by atoms with E-state index in [1.54, 1.807) is 12.4 Å². The lowest BCUT2D eigenvalue weighted by Crippen LogP contribution is -2.54. The molecule has 0 saturated heterocycles. The van der Waals surface area contributed by atoms with E-state index in [1.807, 2.05) is 6.08 Å². The summed E-state index contributed by atoms with van der Waals surface area (Å²) in [7, 11) is 0. The highest BCUT2D eigenvalue weighted by Crippen LogP contribution is 2.67. The zero-order valence-corrected chi connectivity index (χ0v) is 17.3. The van der Waals surface area contributed by atoms with Crippen LogP contribution in [0.15, 0.2) is 11.6 Å². The lowest BCUT2D eigenvalue weighted by atomic mass is 9.44. The second-order valence-corrected chi connectivity index (χ2v) is 10.3. The number of nitrogens with one attached hydrogen (secondary N) is 1. The molecular weight excluding hydrogens is 354 g/mol. The molecule has 3 saturated carbocycles. The molecule has 0 radical (unpaired) electrons. The smallest absolute Gasteiger partial charge is 0.243 e. The molecule has 2 N–H and O–H groups in total. The van der Waals surface area contributed by atoms with Crippen LogP contribution in [0.5, 0.6) is 0 Å². The van der Waals surface area contributed by atoms with E-state index >= 15 is 0 Å². The lowest BCUT2D eigenvalue weighted by Gasteiger charge is -2.60. The number of carbonyl (C=O) groups is 3. The summed E-state index contributed by atoms with van der Waals surface area (Å²) in [5, 5.41) is 9.05. The summed E-state index contributed by atoms with van der Waals surface area (Å²) in [5.74, 6) is 1.73. The number of allylic oxidation sites excluding steroid dienone is 1. The molecule has 0 aromatic carbocycles. The van der Waals surface area contributed by atoms with Gasteiger partial charge in [-0.15, -0.1) is 0 Å². The fraction of sp³-hybridized carbons (Fsp3) is 0.783. The van der Waals surface area contributed by atoms with Gasteiger partial charge in [0.05, 0.1) is 0 Å². The molecule has 28 heavy (non-hydrogen) atoms. The predicted octanol–water partition coefficient (Wildman–Crippen LogP) is 3.85. The minimum absolute atomic E-state index is 0.0608. The molecular formula is C23H33NO4. The van der Waals surface area contributed by atoms with Gasteiger partial charge in [0, 0.05) is 18.8 Å². The Balaban J connectivity index is 1.69. The van der Waals surface area contributed by atoms with Crippen molar-refractivity contribution in [1.29, 1.82) is 0 Å². The molecule has 5 heteroatoms. The minimum atomic E-state index is -0.402. The van der Waals surface area contributed by atoms with E-state index in [4.69, 9.17) is 5.21 Å². The van der Waals surface area contributed by atoms with Crippen molar-refractivity contribution in [3.63, 3.8) is 0 Å². The van der Waals surface area contributed by atoms with Crippen LogP contribution in [0.3, 0.4) is 0 Å². The normalized spacial score (nSPS) is 44.8. The summed E-state index contributed by atoms with van der Waals surface area (Å²) in [5.41, 5.74) is 2.92. The van der Waals surface area contributed by atoms with Gasteiger partial charge >= 0.3 is 0 Å². The standard InChI is InChI=1S/C23H33NO4/c1-13(25)18-6-7-19-17-5-4-14-10-16(26)11-15(12-21(27)24-28)23(14,3)20(17)8-9-22(18,19)2/h10,15,17-20,28H,4-9,11-12H2,1-3H3,(H,24,27)/t15?,17-,18+,19-,20-,22+,23+/m0/s1. The maximum absolute atomic E-state index is 12.3. The van der Waals surface area contributed by atoms with E-state index in [0.717, 1.165) is 38.5 Å². The molecule has 4 rings (SSSR count). The third kappa shape index (κ3) is 2.72. The number of hydroxylamine groups is 1. The highest BCUT2D eigenvalue weighted by molar-refractivity contribution is 5.92. The zero-order chi connectivity index (χ0) is 20.3. The van der Waals surface area contributed by atoms with Gasteiger partial charge in [-0.1, -0.05) is 19.4 Å². The van der Waals surface area contributed by atoms with Gasteiger partial charge in [-0.3, -0.25) is 19.6 Å². The number of hydrogen-bond donors (Lipinski definition) is 2. The summed E-state index contributed by atoms with van der Waals surface area (Å²) in [6.07, 6.45) is 8.67. The molecule has 0 bridgehead atoms. The van der Waals surface area contributed by atoms with Crippen molar-refractivity contribution < 1.29 is 19.6 Å². The van der Waals surface area contributed by atoms with E-state index in [0.29, 0.717) is 30.0 Å². The maximum atomic E-state index is 12.3. The Morgan fingerprint density at radius 3 is 2.61 bits per heavy atom. The van der Waals surface area contributed by atoms with E-state index in [1.165, 1.54) is 5.57 Å². The van der Waals surface area contributed by atoms with Crippen molar-refractivity contribution in [3.8, 4) is 0 Å². The van der Waals surface area contributed by atoms with Gasteiger partial charge in [0.25, 0.3) is 0 Å². The fourth-order valence-corrected chi connectivity index (χ4v) is 7.99. The molecule has 0 aromatic rings. The number of Topliss-reactive ketones (excluding diaryl/α,β-unsaturated/α-hetero) is 1. The monoisotopic (exact) mass is 387 g/mol. The van der Waals surface area contributed by atoms with Crippen LogP contribution in [-0.2, 0) is 14.4 Å². The number of hydrogen-bond acceptors (Lipinski definition) is 4. The molecule has 154 valence electrons. The van der Waals surface area contributed by atoms with Gasteiger partial charge in [-0.05, 0) is 86.0 Å².